The van der Waals surface area contributed by atoms with Gasteiger partial charge in [0, 0.05) is 5.41 Å². The lowest BCUT2D eigenvalue weighted by Gasteiger charge is -2.00. The highest BCUT2D eigenvalue weighted by molar-refractivity contribution is 7.93. The number of hydrogen-bond donors (Lipinski definition) is 2. The third kappa shape index (κ3) is 3.86. The van der Waals surface area contributed by atoms with E-state index in [1.807, 2.05) is 6.07 Å². The second kappa shape index (κ2) is 5.79. The lowest BCUT2D eigenvalue weighted by atomic mass is 10.2. The van der Waals surface area contributed by atoms with Crippen LogP contribution in [0.3, 0.4) is 0 Å². The minimum absolute atomic E-state index is 0.0750. The van der Waals surface area contributed by atoms with Gasteiger partial charge in [0.15, 0.2) is 21.3 Å². The van der Waals surface area contributed by atoms with E-state index < -0.39 is 9.84 Å². The zero-order valence-electron chi connectivity index (χ0n) is 10.6. The summed E-state index contributed by atoms with van der Waals surface area (Å²) in [5.74, 6) is -0.601. The molecule has 0 atom stereocenters. The topological polar surface area (TPSA) is 74.6 Å². The predicted molar refractivity (Wildman–Crippen MR) is 77.9 cm³/mol. The van der Waals surface area contributed by atoms with Crippen molar-refractivity contribution in [2.24, 2.45) is 0 Å². The Labute approximate surface area is 117 Å². The highest BCUT2D eigenvalue weighted by Gasteiger charge is 2.07. The van der Waals surface area contributed by atoms with Gasteiger partial charge in [0.05, 0.1) is 5.75 Å². The van der Waals surface area contributed by atoms with Crippen LogP contribution in [0.5, 0.6) is 11.5 Å². The summed E-state index contributed by atoms with van der Waals surface area (Å²) in [5, 5.41) is 19.6. The van der Waals surface area contributed by atoms with E-state index in [0.717, 1.165) is 5.41 Å². The minimum Gasteiger partial charge on any atom is -0.504 e. The van der Waals surface area contributed by atoms with Crippen LogP contribution >= 0.6 is 0 Å². The average molecular weight is 290 g/mol. The second-order valence-corrected chi connectivity index (χ2v) is 6.23. The van der Waals surface area contributed by atoms with Crippen LogP contribution in [0.2, 0.25) is 0 Å². The lowest BCUT2D eigenvalue weighted by molar-refractivity contribution is 0.403. The standard InChI is InChI=1S/C15H14O4S/c16-14-7-6-12(10-15(14)17)8-9-20(18,19)11-13-4-2-1-3-5-13/h1-10,16-17H,11H2/b9-8+. The van der Waals surface area contributed by atoms with E-state index in [-0.39, 0.29) is 17.3 Å². The van der Waals surface area contributed by atoms with Crippen molar-refractivity contribution in [3.63, 3.8) is 0 Å². The molecule has 0 saturated carbocycles. The molecular formula is C15H14O4S. The molecule has 0 radical (unpaired) electrons. The lowest BCUT2D eigenvalue weighted by Crippen LogP contribution is -1.99. The maximum Gasteiger partial charge on any atom is 0.175 e. The first-order chi connectivity index (χ1) is 9.46. The summed E-state index contributed by atoms with van der Waals surface area (Å²) in [6.07, 6.45) is 1.39. The molecule has 0 aromatic heterocycles. The van der Waals surface area contributed by atoms with Gasteiger partial charge in [-0.25, -0.2) is 8.42 Å². The molecule has 2 rings (SSSR count). The quantitative estimate of drug-likeness (QED) is 0.849. The fourth-order valence-corrected chi connectivity index (χ4v) is 2.80. The third-order valence-electron chi connectivity index (χ3n) is 2.68. The van der Waals surface area contributed by atoms with Crippen LogP contribution in [0.25, 0.3) is 6.08 Å². The molecule has 0 heterocycles. The molecular weight excluding hydrogens is 276 g/mol. The molecule has 0 spiro atoms. The van der Waals surface area contributed by atoms with Gasteiger partial charge in [-0.15, -0.1) is 0 Å². The monoisotopic (exact) mass is 290 g/mol. The largest absolute Gasteiger partial charge is 0.504 e. The zero-order chi connectivity index (χ0) is 14.6. The van der Waals surface area contributed by atoms with E-state index in [2.05, 4.69) is 0 Å². The van der Waals surface area contributed by atoms with Crippen LogP contribution in [0.1, 0.15) is 11.1 Å². The van der Waals surface area contributed by atoms with E-state index in [4.69, 9.17) is 0 Å². The van der Waals surface area contributed by atoms with Crippen LogP contribution in [0.4, 0.5) is 0 Å². The fourth-order valence-electron chi connectivity index (χ4n) is 1.68. The highest BCUT2D eigenvalue weighted by Crippen LogP contribution is 2.25. The molecule has 2 aromatic rings. The number of phenols is 2. The van der Waals surface area contributed by atoms with E-state index in [1.165, 1.54) is 24.3 Å². The Morgan fingerprint density at radius 2 is 1.65 bits per heavy atom. The van der Waals surface area contributed by atoms with Gasteiger partial charge in [0.25, 0.3) is 0 Å². The number of hydrogen-bond acceptors (Lipinski definition) is 4. The van der Waals surface area contributed by atoms with Crippen LogP contribution in [0, 0.1) is 0 Å². The Bertz CT molecular complexity index is 719. The van der Waals surface area contributed by atoms with Gasteiger partial charge in [-0.05, 0) is 29.3 Å². The first kappa shape index (κ1) is 14.1. The van der Waals surface area contributed by atoms with E-state index in [1.54, 1.807) is 24.3 Å². The summed E-state index contributed by atoms with van der Waals surface area (Å²) in [4.78, 5) is 0. The van der Waals surface area contributed by atoms with Crippen molar-refractivity contribution in [1.82, 2.24) is 0 Å². The van der Waals surface area contributed by atoms with Gasteiger partial charge in [-0.1, -0.05) is 36.4 Å². The summed E-state index contributed by atoms with van der Waals surface area (Å²) >= 11 is 0. The number of benzene rings is 2. The van der Waals surface area contributed by atoms with Gasteiger partial charge in [0.1, 0.15) is 0 Å². The molecule has 0 aliphatic heterocycles. The first-order valence-corrected chi connectivity index (χ1v) is 7.64. The Kier molecular flexibility index (Phi) is 4.10. The molecule has 5 heteroatoms. The summed E-state index contributed by atoms with van der Waals surface area (Å²) in [6, 6.07) is 13.0. The Hall–Kier alpha value is -2.27. The molecule has 0 aliphatic rings. The van der Waals surface area contributed by atoms with Gasteiger partial charge >= 0.3 is 0 Å². The van der Waals surface area contributed by atoms with Crippen molar-refractivity contribution in [3.8, 4) is 11.5 Å². The van der Waals surface area contributed by atoms with Crippen molar-refractivity contribution < 1.29 is 18.6 Å². The van der Waals surface area contributed by atoms with Gasteiger partial charge in [0.2, 0.25) is 0 Å². The first-order valence-electron chi connectivity index (χ1n) is 5.93. The minimum atomic E-state index is -3.38. The molecule has 0 saturated heterocycles. The summed E-state index contributed by atoms with van der Waals surface area (Å²) in [6.45, 7) is 0. The average Bonchev–Trinajstić information content (AvgIpc) is 2.41. The normalized spacial score (nSPS) is 11.8. The fraction of sp³-hybridized carbons (Fsp3) is 0.0667. The SMILES string of the molecule is O=S(=O)(/C=C/c1ccc(O)c(O)c1)Cc1ccccc1. The molecule has 0 amide bonds. The molecule has 0 unspecified atom stereocenters. The number of sulfone groups is 1. The van der Waals surface area contributed by atoms with Crippen LogP contribution in [0.15, 0.2) is 53.9 Å². The summed E-state index contributed by atoms with van der Waals surface area (Å²) in [5.41, 5.74) is 1.21. The molecule has 20 heavy (non-hydrogen) atoms. The number of rotatable bonds is 4. The summed E-state index contributed by atoms with van der Waals surface area (Å²) in [7, 11) is -3.38. The zero-order valence-corrected chi connectivity index (χ0v) is 11.4. The number of aromatic hydroxyl groups is 2. The van der Waals surface area contributed by atoms with Crippen molar-refractivity contribution >= 4 is 15.9 Å². The maximum atomic E-state index is 11.9. The smallest absolute Gasteiger partial charge is 0.175 e. The van der Waals surface area contributed by atoms with Gasteiger partial charge in [-0.2, -0.15) is 0 Å². The molecule has 4 nitrogen and oxygen atoms in total. The molecule has 0 bridgehead atoms. The Morgan fingerprint density at radius 3 is 2.30 bits per heavy atom. The van der Waals surface area contributed by atoms with Crippen LogP contribution in [-0.2, 0) is 15.6 Å². The Balaban J connectivity index is 2.15. The van der Waals surface area contributed by atoms with Crippen LogP contribution < -0.4 is 0 Å². The molecule has 2 N–H and O–H groups in total. The number of phenolic OH excluding ortho intramolecular Hbond substituents is 2. The molecule has 2 aromatic carbocycles. The van der Waals surface area contributed by atoms with Crippen molar-refractivity contribution in [1.29, 1.82) is 0 Å². The van der Waals surface area contributed by atoms with Crippen LogP contribution in [-0.4, -0.2) is 18.6 Å². The highest BCUT2D eigenvalue weighted by atomic mass is 32.2. The predicted octanol–water partition coefficient (Wildman–Crippen LogP) is 2.68. The molecule has 0 aliphatic carbocycles. The van der Waals surface area contributed by atoms with Crippen molar-refractivity contribution in [3.05, 3.63) is 65.1 Å². The van der Waals surface area contributed by atoms with E-state index in [0.29, 0.717) is 11.1 Å². The third-order valence-corrected chi connectivity index (χ3v) is 3.96. The second-order valence-electron chi connectivity index (χ2n) is 4.34. The maximum absolute atomic E-state index is 11.9. The van der Waals surface area contributed by atoms with E-state index in [9.17, 15) is 18.6 Å². The van der Waals surface area contributed by atoms with Crippen molar-refractivity contribution in [2.45, 2.75) is 5.75 Å². The Morgan fingerprint density at radius 1 is 0.950 bits per heavy atom. The van der Waals surface area contributed by atoms with E-state index >= 15 is 0 Å². The summed E-state index contributed by atoms with van der Waals surface area (Å²) < 4.78 is 23.9. The molecule has 0 fully saturated rings. The van der Waals surface area contributed by atoms with Crippen molar-refractivity contribution in [2.75, 3.05) is 0 Å². The molecule has 104 valence electrons. The van der Waals surface area contributed by atoms with Gasteiger partial charge < -0.3 is 10.2 Å². The van der Waals surface area contributed by atoms with Gasteiger partial charge in [-0.3, -0.25) is 0 Å².